The fourth-order valence-electron chi connectivity index (χ4n) is 1.50. The minimum absolute atomic E-state index is 0.0864. The van der Waals surface area contributed by atoms with Gasteiger partial charge in [0.05, 0.1) is 12.0 Å². The number of hydrogen-bond acceptors (Lipinski definition) is 4. The molecule has 0 radical (unpaired) electrons. The Bertz CT molecular complexity index is 619. The molecular formula is C13H10ClNO3S. The summed E-state index contributed by atoms with van der Waals surface area (Å²) >= 11 is 7.33. The molecule has 0 unspecified atom stereocenters. The third kappa shape index (κ3) is 3.39. The standard InChI is InChI=1S/C13H10ClNO3S/c1-18-9-3-2-4-10(7-9)19-11-5-6-13(15(16)17)12(14)8-11/h2-8H,1H3. The van der Waals surface area contributed by atoms with E-state index >= 15 is 0 Å². The smallest absolute Gasteiger partial charge is 0.287 e. The van der Waals surface area contributed by atoms with Crippen molar-refractivity contribution >= 4 is 29.1 Å². The molecule has 0 heterocycles. The first-order valence-electron chi connectivity index (χ1n) is 5.36. The number of nitro benzene ring substituents is 1. The third-order valence-electron chi connectivity index (χ3n) is 2.39. The van der Waals surface area contributed by atoms with Crippen LogP contribution in [0.1, 0.15) is 0 Å². The quantitative estimate of drug-likeness (QED) is 0.619. The number of nitrogens with zero attached hydrogens (tertiary/aromatic N) is 1. The predicted molar refractivity (Wildman–Crippen MR) is 75.2 cm³/mol. The molecule has 0 N–H and O–H groups in total. The Balaban J connectivity index is 2.23. The highest BCUT2D eigenvalue weighted by Gasteiger charge is 2.12. The zero-order chi connectivity index (χ0) is 13.8. The van der Waals surface area contributed by atoms with Crippen LogP contribution < -0.4 is 4.74 Å². The van der Waals surface area contributed by atoms with Crippen LogP contribution in [-0.4, -0.2) is 12.0 Å². The van der Waals surface area contributed by atoms with Crippen LogP contribution in [0, 0.1) is 10.1 Å². The van der Waals surface area contributed by atoms with E-state index in [-0.39, 0.29) is 10.7 Å². The highest BCUT2D eigenvalue weighted by atomic mass is 35.5. The zero-order valence-electron chi connectivity index (χ0n) is 10.00. The fourth-order valence-corrected chi connectivity index (χ4v) is 2.72. The van der Waals surface area contributed by atoms with E-state index in [4.69, 9.17) is 16.3 Å². The van der Waals surface area contributed by atoms with Gasteiger partial charge in [-0.15, -0.1) is 0 Å². The minimum atomic E-state index is -0.498. The average Bonchev–Trinajstić information content (AvgIpc) is 2.38. The maximum absolute atomic E-state index is 10.7. The van der Waals surface area contributed by atoms with Crippen molar-refractivity contribution in [1.29, 1.82) is 0 Å². The molecule has 6 heteroatoms. The summed E-state index contributed by atoms with van der Waals surface area (Å²) in [4.78, 5) is 12.0. The number of rotatable bonds is 4. The van der Waals surface area contributed by atoms with Crippen LogP contribution in [0.4, 0.5) is 5.69 Å². The monoisotopic (exact) mass is 295 g/mol. The summed E-state index contributed by atoms with van der Waals surface area (Å²) in [7, 11) is 1.60. The highest BCUT2D eigenvalue weighted by Crippen LogP contribution is 2.34. The molecule has 0 saturated heterocycles. The second-order valence-electron chi connectivity index (χ2n) is 3.65. The SMILES string of the molecule is COc1cccc(Sc2ccc([N+](=O)[O-])c(Cl)c2)c1. The normalized spacial score (nSPS) is 10.2. The lowest BCUT2D eigenvalue weighted by Crippen LogP contribution is -1.88. The molecule has 0 saturated carbocycles. The maximum Gasteiger partial charge on any atom is 0.287 e. The van der Waals surface area contributed by atoms with Crippen molar-refractivity contribution in [1.82, 2.24) is 0 Å². The summed E-state index contributed by atoms with van der Waals surface area (Å²) in [6, 6.07) is 12.2. The van der Waals surface area contributed by atoms with Gasteiger partial charge in [0.25, 0.3) is 5.69 Å². The van der Waals surface area contributed by atoms with Gasteiger partial charge in [0.1, 0.15) is 10.8 Å². The van der Waals surface area contributed by atoms with Crippen LogP contribution in [0.3, 0.4) is 0 Å². The number of hydrogen-bond donors (Lipinski definition) is 0. The first-order valence-corrected chi connectivity index (χ1v) is 6.55. The molecule has 0 amide bonds. The van der Waals surface area contributed by atoms with Gasteiger partial charge in [-0.2, -0.15) is 0 Å². The van der Waals surface area contributed by atoms with E-state index in [2.05, 4.69) is 0 Å². The highest BCUT2D eigenvalue weighted by molar-refractivity contribution is 7.99. The molecule has 4 nitrogen and oxygen atoms in total. The van der Waals surface area contributed by atoms with Crippen molar-refractivity contribution in [3.05, 3.63) is 57.6 Å². The van der Waals surface area contributed by atoms with Gasteiger partial charge in [0, 0.05) is 15.9 Å². The van der Waals surface area contributed by atoms with Crippen molar-refractivity contribution < 1.29 is 9.66 Å². The number of methoxy groups -OCH3 is 1. The first kappa shape index (κ1) is 13.7. The molecule has 0 aliphatic rings. The largest absolute Gasteiger partial charge is 0.497 e. The van der Waals surface area contributed by atoms with Crippen LogP contribution in [0.2, 0.25) is 5.02 Å². The number of ether oxygens (including phenoxy) is 1. The molecule has 2 aromatic rings. The molecule has 0 aliphatic heterocycles. The fraction of sp³-hybridized carbons (Fsp3) is 0.0769. The van der Waals surface area contributed by atoms with Gasteiger partial charge in [-0.1, -0.05) is 29.4 Å². The second-order valence-corrected chi connectivity index (χ2v) is 5.21. The van der Waals surface area contributed by atoms with Crippen LogP contribution in [0.15, 0.2) is 52.3 Å². The Morgan fingerprint density at radius 2 is 1.95 bits per heavy atom. The lowest BCUT2D eigenvalue weighted by Gasteiger charge is -2.05. The van der Waals surface area contributed by atoms with Crippen LogP contribution >= 0.6 is 23.4 Å². The minimum Gasteiger partial charge on any atom is -0.497 e. The van der Waals surface area contributed by atoms with Crippen LogP contribution in [0.5, 0.6) is 5.75 Å². The Kier molecular flexibility index (Phi) is 4.29. The van der Waals surface area contributed by atoms with E-state index in [1.807, 2.05) is 24.3 Å². The van der Waals surface area contributed by atoms with E-state index < -0.39 is 4.92 Å². The van der Waals surface area contributed by atoms with Gasteiger partial charge < -0.3 is 4.74 Å². The molecule has 0 spiro atoms. The number of nitro groups is 1. The second kappa shape index (κ2) is 5.95. The van der Waals surface area contributed by atoms with Gasteiger partial charge >= 0.3 is 0 Å². The maximum atomic E-state index is 10.7. The summed E-state index contributed by atoms with van der Waals surface area (Å²) in [5.74, 6) is 0.762. The van der Waals surface area contributed by atoms with Crippen molar-refractivity contribution in [2.24, 2.45) is 0 Å². The Morgan fingerprint density at radius 1 is 1.21 bits per heavy atom. The van der Waals surface area contributed by atoms with Gasteiger partial charge in [-0.25, -0.2) is 0 Å². The summed E-state index contributed by atoms with van der Waals surface area (Å²) in [6.07, 6.45) is 0. The van der Waals surface area contributed by atoms with Gasteiger partial charge in [-0.05, 0) is 30.3 Å². The molecule has 0 atom stereocenters. The summed E-state index contributed by atoms with van der Waals surface area (Å²) in [5, 5.41) is 10.8. The van der Waals surface area contributed by atoms with Gasteiger partial charge in [0.2, 0.25) is 0 Å². The Hall–Kier alpha value is -1.72. The van der Waals surface area contributed by atoms with Gasteiger partial charge in [0.15, 0.2) is 0 Å². The number of benzene rings is 2. The van der Waals surface area contributed by atoms with Crippen molar-refractivity contribution in [3.63, 3.8) is 0 Å². The topological polar surface area (TPSA) is 52.4 Å². The van der Waals surface area contributed by atoms with Crippen LogP contribution in [-0.2, 0) is 0 Å². The predicted octanol–water partition coefficient (Wildman–Crippen LogP) is 4.41. The van der Waals surface area contributed by atoms with Gasteiger partial charge in [-0.3, -0.25) is 10.1 Å². The Morgan fingerprint density at radius 3 is 2.58 bits per heavy atom. The molecule has 19 heavy (non-hydrogen) atoms. The van der Waals surface area contributed by atoms with Crippen molar-refractivity contribution in [2.75, 3.05) is 7.11 Å². The average molecular weight is 296 g/mol. The van der Waals surface area contributed by atoms with E-state index in [1.54, 1.807) is 19.2 Å². The summed E-state index contributed by atoms with van der Waals surface area (Å²) in [6.45, 7) is 0. The lowest BCUT2D eigenvalue weighted by molar-refractivity contribution is -0.384. The van der Waals surface area contributed by atoms with E-state index in [9.17, 15) is 10.1 Å². The van der Waals surface area contributed by atoms with Crippen molar-refractivity contribution in [2.45, 2.75) is 9.79 Å². The number of halogens is 1. The third-order valence-corrected chi connectivity index (χ3v) is 3.67. The molecule has 2 rings (SSSR count). The summed E-state index contributed by atoms with van der Waals surface area (Å²) < 4.78 is 5.14. The Labute approximate surface area is 119 Å². The van der Waals surface area contributed by atoms with E-state index in [0.717, 1.165) is 15.5 Å². The molecule has 2 aromatic carbocycles. The van der Waals surface area contributed by atoms with E-state index in [0.29, 0.717) is 0 Å². The molecule has 0 fully saturated rings. The van der Waals surface area contributed by atoms with Crippen LogP contribution in [0.25, 0.3) is 0 Å². The molecule has 0 bridgehead atoms. The molecular weight excluding hydrogens is 286 g/mol. The zero-order valence-corrected chi connectivity index (χ0v) is 11.6. The van der Waals surface area contributed by atoms with E-state index in [1.165, 1.54) is 17.8 Å². The first-order chi connectivity index (χ1) is 9.10. The van der Waals surface area contributed by atoms with Crippen molar-refractivity contribution in [3.8, 4) is 5.75 Å². The molecule has 0 aromatic heterocycles. The lowest BCUT2D eigenvalue weighted by atomic mass is 10.3. The molecule has 98 valence electrons. The molecule has 0 aliphatic carbocycles. The summed E-state index contributed by atoms with van der Waals surface area (Å²) in [5.41, 5.74) is -0.0864.